The van der Waals surface area contributed by atoms with E-state index in [9.17, 15) is 35.1 Å². The van der Waals surface area contributed by atoms with E-state index >= 15 is 0 Å². The standard InChI is InChI=1S/C70H121NO10/c1-4-7-10-13-16-19-22-25-27-29-31-33-34-36-39-42-45-48-51-54-57-63(74)69(78)71-61(62(73)56-53-50-47-44-41-38-24-21-18-15-12-9-6-3)60-79-70-68(67(77)66(76)64(59-72)80-70)81-65(75)58-55-52-49-46-43-40-37-35-32-30-28-26-23-20-17-14-11-8-5-2/h7,10,16,19,25-28,31,33,36,39,45,48,53,56,61-64,66-68,70,72-74,76-77H,4-6,8-9,11-15,17-18,20-24,29-30,32,34-35,37-38,40-44,46-47,49-52,54-55,57-60H2,1-3H3,(H,71,78)/b10-7-,19-16-,27-25-,28-26+,33-31-,39-36-,48-45-,56-53+. The Bertz CT molecular complexity index is 1690. The van der Waals surface area contributed by atoms with Crippen LogP contribution in [0.4, 0.5) is 0 Å². The van der Waals surface area contributed by atoms with Gasteiger partial charge in [0.2, 0.25) is 5.91 Å². The largest absolute Gasteiger partial charge is 0.454 e. The molecule has 0 saturated carbocycles. The van der Waals surface area contributed by atoms with Gasteiger partial charge in [-0.1, -0.05) is 259 Å². The van der Waals surface area contributed by atoms with Crippen molar-refractivity contribution in [3.05, 3.63) is 97.2 Å². The van der Waals surface area contributed by atoms with Gasteiger partial charge in [-0.15, -0.1) is 0 Å². The van der Waals surface area contributed by atoms with Crippen molar-refractivity contribution in [1.29, 1.82) is 0 Å². The van der Waals surface area contributed by atoms with Gasteiger partial charge in [-0.2, -0.15) is 0 Å². The second-order valence-electron chi connectivity index (χ2n) is 22.5. The molecular weight excluding hydrogens is 1010 g/mol. The number of aliphatic hydroxyl groups excluding tert-OH is 5. The van der Waals surface area contributed by atoms with Crippen molar-refractivity contribution in [2.24, 2.45) is 0 Å². The fourth-order valence-corrected chi connectivity index (χ4v) is 9.77. The Hall–Kier alpha value is -3.42. The van der Waals surface area contributed by atoms with Crippen LogP contribution in [0.3, 0.4) is 0 Å². The zero-order valence-electron chi connectivity index (χ0n) is 51.6. The van der Waals surface area contributed by atoms with Crippen molar-refractivity contribution < 1.29 is 49.3 Å². The summed E-state index contributed by atoms with van der Waals surface area (Å²) in [7, 11) is 0. The monoisotopic (exact) mass is 1140 g/mol. The van der Waals surface area contributed by atoms with Crippen LogP contribution in [0, 0.1) is 0 Å². The molecule has 1 fully saturated rings. The number of unbranched alkanes of at least 4 members (excludes halogenated alkanes) is 27. The molecule has 1 aliphatic heterocycles. The van der Waals surface area contributed by atoms with Gasteiger partial charge < -0.3 is 45.1 Å². The number of hydrogen-bond donors (Lipinski definition) is 6. The molecule has 8 atom stereocenters. The summed E-state index contributed by atoms with van der Waals surface area (Å²) in [5.74, 6) is -1.24. The van der Waals surface area contributed by atoms with Crippen LogP contribution in [-0.2, 0) is 23.8 Å². The van der Waals surface area contributed by atoms with Crippen LogP contribution in [0.25, 0.3) is 0 Å². The number of aliphatic hydroxyl groups is 5. The molecule has 0 bridgehead atoms. The van der Waals surface area contributed by atoms with Gasteiger partial charge in [0.05, 0.1) is 25.4 Å². The Morgan fingerprint density at radius 3 is 1.35 bits per heavy atom. The molecule has 0 aromatic heterocycles. The normalized spacial score (nSPS) is 19.3. The minimum absolute atomic E-state index is 0.112. The van der Waals surface area contributed by atoms with Gasteiger partial charge >= 0.3 is 5.97 Å². The lowest BCUT2D eigenvalue weighted by molar-refractivity contribution is -0.305. The predicted octanol–water partition coefficient (Wildman–Crippen LogP) is 16.3. The zero-order chi connectivity index (χ0) is 58.9. The maximum Gasteiger partial charge on any atom is 0.306 e. The third-order valence-corrected chi connectivity index (χ3v) is 15.0. The number of ether oxygens (including phenoxy) is 3. The molecule has 8 unspecified atom stereocenters. The third-order valence-electron chi connectivity index (χ3n) is 15.0. The molecule has 0 aliphatic carbocycles. The maximum absolute atomic E-state index is 13.4. The molecule has 0 spiro atoms. The van der Waals surface area contributed by atoms with Crippen LogP contribution >= 0.6 is 0 Å². The quantitative estimate of drug-likeness (QED) is 0.0195. The fraction of sp³-hybridized carbons (Fsp3) is 0.743. The van der Waals surface area contributed by atoms with Gasteiger partial charge in [0.15, 0.2) is 12.4 Å². The van der Waals surface area contributed by atoms with Crippen molar-refractivity contribution in [2.75, 3.05) is 13.2 Å². The van der Waals surface area contributed by atoms with Gasteiger partial charge in [-0.3, -0.25) is 9.59 Å². The first-order chi connectivity index (χ1) is 39.7. The molecule has 81 heavy (non-hydrogen) atoms. The number of esters is 1. The average Bonchev–Trinajstić information content (AvgIpc) is 3.46. The van der Waals surface area contributed by atoms with Crippen molar-refractivity contribution >= 4 is 11.9 Å². The molecule has 6 N–H and O–H groups in total. The van der Waals surface area contributed by atoms with Gasteiger partial charge in [-0.05, 0) is 103 Å². The van der Waals surface area contributed by atoms with Gasteiger partial charge in [0, 0.05) is 6.42 Å². The smallest absolute Gasteiger partial charge is 0.306 e. The van der Waals surface area contributed by atoms with E-state index in [2.05, 4.69) is 105 Å². The highest BCUT2D eigenvalue weighted by molar-refractivity contribution is 5.80. The minimum Gasteiger partial charge on any atom is -0.454 e. The summed E-state index contributed by atoms with van der Waals surface area (Å²) in [6, 6.07) is -1.05. The summed E-state index contributed by atoms with van der Waals surface area (Å²) in [5, 5.41) is 57.1. The molecule has 0 aromatic rings. The molecule has 1 saturated heterocycles. The highest BCUT2D eigenvalue weighted by Gasteiger charge is 2.47. The Labute approximate surface area is 495 Å². The molecule has 0 radical (unpaired) electrons. The Kier molecular flexibility index (Phi) is 53.2. The number of hydrogen-bond acceptors (Lipinski definition) is 10. The number of nitrogens with one attached hydrogen (secondary N) is 1. The van der Waals surface area contributed by atoms with Crippen LogP contribution in [0.5, 0.6) is 0 Å². The van der Waals surface area contributed by atoms with E-state index in [0.717, 1.165) is 83.5 Å². The van der Waals surface area contributed by atoms with E-state index in [1.54, 1.807) is 6.08 Å². The maximum atomic E-state index is 13.4. The van der Waals surface area contributed by atoms with E-state index in [4.69, 9.17) is 14.2 Å². The second-order valence-corrected chi connectivity index (χ2v) is 22.5. The van der Waals surface area contributed by atoms with E-state index in [1.165, 1.54) is 135 Å². The van der Waals surface area contributed by atoms with E-state index in [1.807, 2.05) is 12.2 Å². The fourth-order valence-electron chi connectivity index (χ4n) is 9.77. The lowest BCUT2D eigenvalue weighted by Gasteiger charge is -2.41. The summed E-state index contributed by atoms with van der Waals surface area (Å²) in [6.07, 6.45) is 65.8. The second kappa shape index (κ2) is 57.0. The number of rotatable bonds is 55. The average molecular weight is 1140 g/mol. The molecule has 11 nitrogen and oxygen atoms in total. The van der Waals surface area contributed by atoms with Crippen LogP contribution in [0.2, 0.25) is 0 Å². The number of amides is 1. The first-order valence-electron chi connectivity index (χ1n) is 33.0. The summed E-state index contributed by atoms with van der Waals surface area (Å²) in [6.45, 7) is 5.66. The highest BCUT2D eigenvalue weighted by atomic mass is 16.7. The molecule has 466 valence electrons. The molecular formula is C70H121NO10. The van der Waals surface area contributed by atoms with Crippen molar-refractivity contribution in [3.8, 4) is 0 Å². The minimum atomic E-state index is -1.63. The first kappa shape index (κ1) is 75.6. The van der Waals surface area contributed by atoms with Crippen molar-refractivity contribution in [2.45, 2.75) is 320 Å². The van der Waals surface area contributed by atoms with Crippen molar-refractivity contribution in [1.82, 2.24) is 5.32 Å². The molecule has 1 amide bonds. The van der Waals surface area contributed by atoms with Crippen LogP contribution in [-0.4, -0.2) is 99.6 Å². The van der Waals surface area contributed by atoms with Gasteiger partial charge in [0.25, 0.3) is 0 Å². The first-order valence-corrected chi connectivity index (χ1v) is 33.0. The topological polar surface area (TPSA) is 175 Å². The molecule has 1 aliphatic rings. The van der Waals surface area contributed by atoms with Gasteiger partial charge in [0.1, 0.15) is 24.4 Å². The van der Waals surface area contributed by atoms with Crippen LogP contribution < -0.4 is 5.32 Å². The Morgan fingerprint density at radius 1 is 0.494 bits per heavy atom. The Morgan fingerprint density at radius 2 is 0.889 bits per heavy atom. The SMILES string of the molecule is CC/C=C\C/C=C\C/C=C\C/C=C\C/C=C\C/C=C\CCCC(O)C(=O)NC(COC1OC(CO)C(O)C(O)C1OC(=O)CCCCCCCCCCC/C=C/CCCCCCCC)C(O)/C=C/CCCCCCCCCCCCC. The summed E-state index contributed by atoms with van der Waals surface area (Å²) in [5.41, 5.74) is 0. The number of allylic oxidation sites excluding steroid dienone is 15. The van der Waals surface area contributed by atoms with Crippen molar-refractivity contribution in [3.63, 3.8) is 0 Å². The highest BCUT2D eigenvalue weighted by Crippen LogP contribution is 2.26. The molecule has 1 rings (SSSR count). The zero-order valence-corrected chi connectivity index (χ0v) is 51.6. The number of carbonyl (C=O) groups excluding carboxylic acids is 2. The molecule has 1 heterocycles. The summed E-state index contributed by atoms with van der Waals surface area (Å²) < 4.78 is 17.6. The molecule has 0 aromatic carbocycles. The predicted molar refractivity (Wildman–Crippen MR) is 338 cm³/mol. The number of carbonyl (C=O) groups is 2. The van der Waals surface area contributed by atoms with Crippen LogP contribution in [0.15, 0.2) is 97.2 Å². The molecule has 11 heteroatoms. The van der Waals surface area contributed by atoms with E-state index in [0.29, 0.717) is 19.3 Å². The summed E-state index contributed by atoms with van der Waals surface area (Å²) in [4.78, 5) is 26.6. The van der Waals surface area contributed by atoms with Gasteiger partial charge in [-0.25, -0.2) is 0 Å². The third kappa shape index (κ3) is 44.7. The van der Waals surface area contributed by atoms with E-state index < -0.39 is 67.4 Å². The van der Waals surface area contributed by atoms with E-state index in [-0.39, 0.29) is 19.4 Å². The lowest BCUT2D eigenvalue weighted by Crippen LogP contribution is -2.61. The lowest BCUT2D eigenvalue weighted by atomic mass is 9.99. The van der Waals surface area contributed by atoms with Crippen LogP contribution in [0.1, 0.15) is 271 Å². The summed E-state index contributed by atoms with van der Waals surface area (Å²) >= 11 is 0. The Balaban J connectivity index is 2.70.